The molecule has 0 aromatic heterocycles. The number of hydrogen-bond donors (Lipinski definition) is 2. The minimum Gasteiger partial charge on any atom is -0.493 e. The van der Waals surface area contributed by atoms with Crippen LogP contribution in [0, 0.1) is 0 Å². The molecule has 0 bridgehead atoms. The van der Waals surface area contributed by atoms with Crippen LogP contribution in [-0.2, 0) is 4.79 Å². The summed E-state index contributed by atoms with van der Waals surface area (Å²) in [4.78, 5) is 11.7. The molecule has 1 heterocycles. The number of rotatable bonds is 3. The normalized spacial score (nSPS) is 16.8. The van der Waals surface area contributed by atoms with Crippen molar-refractivity contribution in [3.8, 4) is 11.5 Å². The van der Waals surface area contributed by atoms with Crippen molar-refractivity contribution in [2.24, 2.45) is 5.73 Å². The van der Waals surface area contributed by atoms with Crippen LogP contribution in [0.1, 0.15) is 5.56 Å². The van der Waals surface area contributed by atoms with E-state index < -0.39 is 0 Å². The van der Waals surface area contributed by atoms with Crippen LogP contribution in [0.4, 0.5) is 0 Å². The van der Waals surface area contributed by atoms with Crippen molar-refractivity contribution in [1.82, 2.24) is 5.32 Å². The molecule has 0 saturated heterocycles. The molecule has 0 atom stereocenters. The van der Waals surface area contributed by atoms with Crippen LogP contribution in [0.15, 0.2) is 23.9 Å². The Morgan fingerprint density at radius 1 is 1.26 bits per heavy atom. The summed E-state index contributed by atoms with van der Waals surface area (Å²) < 4.78 is 12.0. The molecule has 1 aliphatic heterocycles. The molecule has 6 nitrogen and oxygen atoms in total. The van der Waals surface area contributed by atoms with Crippen LogP contribution in [-0.4, -0.2) is 37.7 Å². The summed E-state index contributed by atoms with van der Waals surface area (Å²) in [7, 11) is 4.86. The molecule has 1 aliphatic rings. The highest BCUT2D eigenvalue weighted by molar-refractivity contribution is 6.08. The Labute approximate surface area is 111 Å². The molecule has 2 rings (SSSR count). The number of methoxy groups -OCH3 is 2. The predicted octanol–water partition coefficient (Wildman–Crippen LogP) is 0.132. The SMILES string of the molecule is COc1ccc(/C=C2/C(=O)NC(N)=[N+]2C)cc1OC. The second-order valence-corrected chi connectivity index (χ2v) is 4.04. The number of likely N-dealkylation sites (N-methyl/N-ethyl adjacent to an activating group) is 1. The molecule has 0 fully saturated rings. The fourth-order valence-electron chi connectivity index (χ4n) is 1.81. The van der Waals surface area contributed by atoms with Gasteiger partial charge in [0, 0.05) is 0 Å². The molecular weight excluding hydrogens is 246 g/mol. The lowest BCUT2D eigenvalue weighted by Crippen LogP contribution is -2.32. The van der Waals surface area contributed by atoms with Crippen LogP contribution in [0.5, 0.6) is 11.5 Å². The third kappa shape index (κ3) is 2.37. The highest BCUT2D eigenvalue weighted by Gasteiger charge is 2.28. The molecule has 1 amide bonds. The first-order valence-corrected chi connectivity index (χ1v) is 5.68. The summed E-state index contributed by atoms with van der Waals surface area (Å²) in [5, 5.41) is 2.55. The lowest BCUT2D eigenvalue weighted by Gasteiger charge is -2.07. The lowest BCUT2D eigenvalue weighted by molar-refractivity contribution is -0.432. The summed E-state index contributed by atoms with van der Waals surface area (Å²) in [6.45, 7) is 0. The Hall–Kier alpha value is -2.50. The van der Waals surface area contributed by atoms with Gasteiger partial charge in [-0.3, -0.25) is 5.73 Å². The zero-order valence-electron chi connectivity index (χ0n) is 11.1. The average molecular weight is 262 g/mol. The maximum Gasteiger partial charge on any atom is 0.356 e. The van der Waals surface area contributed by atoms with E-state index in [2.05, 4.69) is 5.32 Å². The van der Waals surface area contributed by atoms with E-state index in [9.17, 15) is 4.79 Å². The molecule has 0 spiro atoms. The molecule has 0 unspecified atom stereocenters. The van der Waals surface area contributed by atoms with E-state index in [-0.39, 0.29) is 5.91 Å². The molecule has 6 heteroatoms. The van der Waals surface area contributed by atoms with E-state index in [4.69, 9.17) is 15.2 Å². The van der Waals surface area contributed by atoms with Crippen molar-refractivity contribution >= 4 is 17.9 Å². The molecule has 1 aromatic carbocycles. The molecule has 1 aromatic rings. The van der Waals surface area contributed by atoms with Gasteiger partial charge in [0.15, 0.2) is 17.2 Å². The number of nitrogens with one attached hydrogen (secondary N) is 1. The highest BCUT2D eigenvalue weighted by atomic mass is 16.5. The molecule has 0 radical (unpaired) electrons. The van der Waals surface area contributed by atoms with Crippen molar-refractivity contribution < 1.29 is 18.8 Å². The maximum absolute atomic E-state index is 11.7. The maximum atomic E-state index is 11.7. The summed E-state index contributed by atoms with van der Waals surface area (Å²) in [5.41, 5.74) is 6.94. The molecule has 0 saturated carbocycles. The Kier molecular flexibility index (Phi) is 3.41. The van der Waals surface area contributed by atoms with Gasteiger partial charge in [0.2, 0.25) is 0 Å². The number of guanidine groups is 1. The zero-order valence-corrected chi connectivity index (χ0v) is 11.1. The van der Waals surface area contributed by atoms with E-state index >= 15 is 0 Å². The van der Waals surface area contributed by atoms with Crippen LogP contribution >= 0.6 is 0 Å². The third-order valence-corrected chi connectivity index (χ3v) is 2.91. The Morgan fingerprint density at radius 3 is 2.47 bits per heavy atom. The zero-order chi connectivity index (χ0) is 14.0. The van der Waals surface area contributed by atoms with Crippen LogP contribution < -0.4 is 20.5 Å². The van der Waals surface area contributed by atoms with Gasteiger partial charge >= 0.3 is 11.9 Å². The quantitative estimate of drug-likeness (QED) is 0.599. The standard InChI is InChI=1S/C13H15N3O3/c1-16-9(12(17)15-13(16)14)6-8-4-5-10(18-2)11(7-8)19-3/h4-7H,1-3H3,(H2,14,15,17)/p+1/b9-6-. The smallest absolute Gasteiger partial charge is 0.356 e. The van der Waals surface area contributed by atoms with Crippen molar-refractivity contribution in [2.45, 2.75) is 0 Å². The van der Waals surface area contributed by atoms with Gasteiger partial charge in [0.05, 0.1) is 21.3 Å². The number of hydrogen-bond acceptors (Lipinski definition) is 4. The van der Waals surface area contributed by atoms with Gasteiger partial charge in [-0.1, -0.05) is 6.07 Å². The Bertz CT molecular complexity index is 591. The van der Waals surface area contributed by atoms with Crippen LogP contribution in [0.3, 0.4) is 0 Å². The number of amides is 1. The fraction of sp³-hybridized carbons (Fsp3) is 0.231. The van der Waals surface area contributed by atoms with Gasteiger partial charge in [-0.2, -0.15) is 0 Å². The Morgan fingerprint density at radius 2 is 1.95 bits per heavy atom. The molecule has 19 heavy (non-hydrogen) atoms. The van der Waals surface area contributed by atoms with Gasteiger partial charge in [-0.25, -0.2) is 14.7 Å². The van der Waals surface area contributed by atoms with E-state index in [1.807, 2.05) is 6.07 Å². The van der Waals surface area contributed by atoms with Crippen molar-refractivity contribution in [3.63, 3.8) is 0 Å². The van der Waals surface area contributed by atoms with E-state index in [1.165, 1.54) is 0 Å². The van der Waals surface area contributed by atoms with Gasteiger partial charge in [0.25, 0.3) is 0 Å². The van der Waals surface area contributed by atoms with Crippen LogP contribution in [0.25, 0.3) is 6.08 Å². The monoisotopic (exact) mass is 262 g/mol. The second-order valence-electron chi connectivity index (χ2n) is 4.04. The largest absolute Gasteiger partial charge is 0.493 e. The predicted molar refractivity (Wildman–Crippen MR) is 71.0 cm³/mol. The van der Waals surface area contributed by atoms with Gasteiger partial charge in [-0.15, -0.1) is 0 Å². The summed E-state index contributed by atoms with van der Waals surface area (Å²) in [6.07, 6.45) is 1.73. The molecule has 3 N–H and O–H groups in total. The molecule has 100 valence electrons. The number of carbonyl (C=O) groups is 1. The summed E-state index contributed by atoms with van der Waals surface area (Å²) in [5.74, 6) is 1.33. The third-order valence-electron chi connectivity index (χ3n) is 2.91. The lowest BCUT2D eigenvalue weighted by atomic mass is 10.1. The Balaban J connectivity index is 2.41. The summed E-state index contributed by atoms with van der Waals surface area (Å²) >= 11 is 0. The summed E-state index contributed by atoms with van der Waals surface area (Å²) in [6, 6.07) is 5.41. The van der Waals surface area contributed by atoms with E-state index in [1.54, 1.807) is 44.1 Å². The number of ether oxygens (including phenoxy) is 2. The van der Waals surface area contributed by atoms with Crippen molar-refractivity contribution in [3.05, 3.63) is 29.5 Å². The first-order valence-electron chi connectivity index (χ1n) is 5.68. The number of nitrogens with zero attached hydrogens (tertiary/aromatic N) is 1. The van der Waals surface area contributed by atoms with Gasteiger partial charge in [-0.05, 0) is 23.8 Å². The van der Waals surface area contributed by atoms with E-state index in [0.29, 0.717) is 23.2 Å². The first-order chi connectivity index (χ1) is 9.06. The molecular formula is C13H16N3O3+. The average Bonchev–Trinajstić information content (AvgIpc) is 2.65. The van der Waals surface area contributed by atoms with Gasteiger partial charge < -0.3 is 9.47 Å². The second kappa shape index (κ2) is 5.01. The molecule has 0 aliphatic carbocycles. The topological polar surface area (TPSA) is 76.6 Å². The number of carbonyl (C=O) groups excluding carboxylic acids is 1. The van der Waals surface area contributed by atoms with E-state index in [0.717, 1.165) is 5.56 Å². The first kappa shape index (κ1) is 12.9. The minimum absolute atomic E-state index is 0.227. The minimum atomic E-state index is -0.227. The van der Waals surface area contributed by atoms with Crippen molar-refractivity contribution in [1.29, 1.82) is 0 Å². The van der Waals surface area contributed by atoms with Gasteiger partial charge in [0.1, 0.15) is 0 Å². The fourth-order valence-corrected chi connectivity index (χ4v) is 1.81. The number of nitrogens with two attached hydrogens (primary N) is 1. The highest BCUT2D eigenvalue weighted by Crippen LogP contribution is 2.28. The van der Waals surface area contributed by atoms with Crippen LogP contribution in [0.2, 0.25) is 0 Å². The number of benzene rings is 1. The van der Waals surface area contributed by atoms with Crippen molar-refractivity contribution in [2.75, 3.05) is 21.3 Å².